The van der Waals surface area contributed by atoms with Crippen LogP contribution in [0.25, 0.3) is 0 Å². The van der Waals surface area contributed by atoms with Crippen LogP contribution in [0.4, 0.5) is 0 Å². The number of carbonyl (C=O) groups is 1. The first-order valence-corrected chi connectivity index (χ1v) is 6.76. The van der Waals surface area contributed by atoms with Crippen LogP contribution in [0.2, 0.25) is 5.02 Å². The Balaban J connectivity index is 2.69. The van der Waals surface area contributed by atoms with E-state index in [1.807, 2.05) is 0 Å². The molecule has 0 saturated heterocycles. The largest absolute Gasteiger partial charge is 0.481 e. The van der Waals surface area contributed by atoms with Gasteiger partial charge in [0.15, 0.2) is 5.82 Å². The Morgan fingerprint density at radius 3 is 2.23 bits per heavy atom. The smallest absolute Gasteiger partial charge is 0.321 e. The molecule has 7 heteroatoms. The molecule has 0 aliphatic heterocycles. The van der Waals surface area contributed by atoms with Gasteiger partial charge in [-0.1, -0.05) is 23.7 Å². The molecule has 0 spiro atoms. The van der Waals surface area contributed by atoms with Crippen LogP contribution < -0.4 is 9.47 Å². The predicted molar refractivity (Wildman–Crippen MR) is 80.7 cm³/mol. The van der Waals surface area contributed by atoms with E-state index in [9.17, 15) is 9.90 Å². The first-order chi connectivity index (χ1) is 10.4. The highest BCUT2D eigenvalue weighted by molar-refractivity contribution is 6.30. The highest BCUT2D eigenvalue weighted by Crippen LogP contribution is 2.33. The maximum atomic E-state index is 11.9. The lowest BCUT2D eigenvalue weighted by molar-refractivity contribution is -0.141. The summed E-state index contributed by atoms with van der Waals surface area (Å²) in [7, 11) is 2.87. The van der Waals surface area contributed by atoms with Gasteiger partial charge in [-0.05, 0) is 24.6 Å². The van der Waals surface area contributed by atoms with Gasteiger partial charge in [0.2, 0.25) is 11.8 Å². The molecular weight excluding hydrogens is 308 g/mol. The third kappa shape index (κ3) is 2.82. The third-order valence-electron chi connectivity index (χ3n) is 3.37. The lowest BCUT2D eigenvalue weighted by Gasteiger charge is -2.24. The molecule has 2 rings (SSSR count). The van der Waals surface area contributed by atoms with Crippen LogP contribution in [0.15, 0.2) is 30.3 Å². The number of ether oxygens (including phenoxy) is 2. The zero-order valence-corrected chi connectivity index (χ0v) is 13.1. The molecule has 116 valence electrons. The molecule has 1 aromatic heterocycles. The van der Waals surface area contributed by atoms with E-state index in [1.54, 1.807) is 24.3 Å². The second kappa shape index (κ2) is 6.19. The van der Waals surface area contributed by atoms with E-state index in [-0.39, 0.29) is 17.6 Å². The van der Waals surface area contributed by atoms with Crippen LogP contribution in [-0.4, -0.2) is 35.3 Å². The minimum Gasteiger partial charge on any atom is -0.481 e. The Morgan fingerprint density at radius 2 is 1.77 bits per heavy atom. The maximum Gasteiger partial charge on any atom is 0.321 e. The lowest BCUT2D eigenvalue weighted by Crippen LogP contribution is -2.36. The van der Waals surface area contributed by atoms with Gasteiger partial charge in [0.25, 0.3) is 0 Å². The number of hydrogen-bond acceptors (Lipinski definition) is 5. The molecule has 0 amide bonds. The molecule has 0 bridgehead atoms. The molecule has 6 nitrogen and oxygen atoms in total. The Kier molecular flexibility index (Phi) is 4.51. The van der Waals surface area contributed by atoms with Crippen molar-refractivity contribution in [3.63, 3.8) is 0 Å². The summed E-state index contributed by atoms with van der Waals surface area (Å²) in [5, 5.41) is 10.2. The van der Waals surface area contributed by atoms with Crippen molar-refractivity contribution < 1.29 is 19.4 Å². The molecule has 1 heterocycles. The van der Waals surface area contributed by atoms with E-state index in [4.69, 9.17) is 21.1 Å². The fraction of sp³-hybridized carbons (Fsp3) is 0.267. The average molecular weight is 323 g/mol. The fourth-order valence-corrected chi connectivity index (χ4v) is 2.17. The number of rotatable bonds is 5. The van der Waals surface area contributed by atoms with Crippen LogP contribution in [0.5, 0.6) is 11.8 Å². The second-order valence-corrected chi connectivity index (χ2v) is 5.15. The molecule has 1 N–H and O–H groups in total. The van der Waals surface area contributed by atoms with Gasteiger partial charge in [-0.25, -0.2) is 0 Å². The van der Waals surface area contributed by atoms with Crippen LogP contribution >= 0.6 is 11.6 Å². The quantitative estimate of drug-likeness (QED) is 0.911. The minimum absolute atomic E-state index is 0.0541. The fourth-order valence-electron chi connectivity index (χ4n) is 1.98. The molecule has 2 aromatic rings. The molecule has 0 saturated carbocycles. The number of benzene rings is 1. The molecule has 1 unspecified atom stereocenters. The molecule has 0 radical (unpaired) electrons. The summed E-state index contributed by atoms with van der Waals surface area (Å²) in [6.07, 6.45) is 0. The van der Waals surface area contributed by atoms with E-state index in [1.165, 1.54) is 27.2 Å². The Hall–Kier alpha value is -2.34. The third-order valence-corrected chi connectivity index (χ3v) is 3.61. The van der Waals surface area contributed by atoms with Crippen molar-refractivity contribution in [2.45, 2.75) is 12.3 Å². The summed E-state index contributed by atoms with van der Waals surface area (Å²) in [4.78, 5) is 20.3. The molecular formula is C15H15ClN2O4. The van der Waals surface area contributed by atoms with Crippen LogP contribution in [-0.2, 0) is 10.2 Å². The topological polar surface area (TPSA) is 81.5 Å². The minimum atomic E-state index is -1.49. The first-order valence-electron chi connectivity index (χ1n) is 6.38. The van der Waals surface area contributed by atoms with Gasteiger partial charge in [-0.3, -0.25) is 4.79 Å². The van der Waals surface area contributed by atoms with Gasteiger partial charge >= 0.3 is 5.97 Å². The number of carboxylic acids is 1. The standard InChI is InChI=1S/C15H15ClN2O4/c1-15(14(19)20,9-5-4-6-10(16)7-9)13-17-11(21-2)8-12(18-13)22-3/h4-8H,1-3H3,(H,19,20). The molecule has 0 aliphatic carbocycles. The van der Waals surface area contributed by atoms with Crippen molar-refractivity contribution >= 4 is 17.6 Å². The SMILES string of the molecule is COc1cc(OC)nc(C(C)(C(=O)O)c2cccc(Cl)c2)n1. The summed E-state index contributed by atoms with van der Waals surface area (Å²) in [6.45, 7) is 1.51. The molecule has 0 aliphatic rings. The molecule has 22 heavy (non-hydrogen) atoms. The van der Waals surface area contributed by atoms with Crippen LogP contribution in [0.3, 0.4) is 0 Å². The highest BCUT2D eigenvalue weighted by Gasteiger charge is 2.41. The van der Waals surface area contributed by atoms with Gasteiger partial charge in [-0.15, -0.1) is 0 Å². The van der Waals surface area contributed by atoms with Crippen molar-refractivity contribution in [3.05, 3.63) is 46.7 Å². The Labute approximate surface area is 132 Å². The van der Waals surface area contributed by atoms with Crippen molar-refractivity contribution in [1.82, 2.24) is 9.97 Å². The summed E-state index contributed by atoms with van der Waals surface area (Å²) in [5.41, 5.74) is -1.03. The van der Waals surface area contributed by atoms with Gasteiger partial charge in [-0.2, -0.15) is 9.97 Å². The number of halogens is 1. The van der Waals surface area contributed by atoms with Crippen LogP contribution in [0, 0.1) is 0 Å². The average Bonchev–Trinajstić information content (AvgIpc) is 2.53. The summed E-state index contributed by atoms with van der Waals surface area (Å²) >= 11 is 5.98. The van der Waals surface area contributed by atoms with Gasteiger partial charge in [0, 0.05) is 5.02 Å². The zero-order chi connectivity index (χ0) is 16.3. The van der Waals surface area contributed by atoms with Crippen molar-refractivity contribution in [2.75, 3.05) is 14.2 Å². The van der Waals surface area contributed by atoms with Crippen molar-refractivity contribution in [3.8, 4) is 11.8 Å². The Morgan fingerprint density at radius 1 is 1.18 bits per heavy atom. The van der Waals surface area contributed by atoms with E-state index < -0.39 is 11.4 Å². The number of nitrogens with zero attached hydrogens (tertiary/aromatic N) is 2. The molecule has 1 atom stereocenters. The normalized spacial score (nSPS) is 13.3. The number of carboxylic acid groups (broad SMARTS) is 1. The van der Waals surface area contributed by atoms with E-state index in [0.29, 0.717) is 10.6 Å². The first kappa shape index (κ1) is 16.0. The monoisotopic (exact) mass is 322 g/mol. The van der Waals surface area contributed by atoms with Gasteiger partial charge < -0.3 is 14.6 Å². The zero-order valence-electron chi connectivity index (χ0n) is 12.3. The number of hydrogen-bond donors (Lipinski definition) is 1. The number of methoxy groups -OCH3 is 2. The summed E-state index contributed by atoms with van der Waals surface area (Å²) in [6, 6.07) is 8.06. The van der Waals surface area contributed by atoms with Crippen molar-refractivity contribution in [1.29, 1.82) is 0 Å². The van der Waals surface area contributed by atoms with E-state index >= 15 is 0 Å². The summed E-state index contributed by atoms with van der Waals surface area (Å²) in [5.74, 6) is -0.615. The predicted octanol–water partition coefficient (Wildman–Crippen LogP) is 2.54. The van der Waals surface area contributed by atoms with Crippen LogP contribution in [0.1, 0.15) is 18.3 Å². The lowest BCUT2D eigenvalue weighted by atomic mass is 9.81. The van der Waals surface area contributed by atoms with E-state index in [2.05, 4.69) is 9.97 Å². The number of aromatic nitrogens is 2. The Bertz CT molecular complexity index is 685. The highest BCUT2D eigenvalue weighted by atomic mass is 35.5. The van der Waals surface area contributed by atoms with E-state index in [0.717, 1.165) is 0 Å². The summed E-state index contributed by atoms with van der Waals surface area (Å²) < 4.78 is 10.2. The second-order valence-electron chi connectivity index (χ2n) is 4.72. The maximum absolute atomic E-state index is 11.9. The van der Waals surface area contributed by atoms with Crippen molar-refractivity contribution in [2.24, 2.45) is 0 Å². The number of aliphatic carboxylic acids is 1. The molecule has 0 fully saturated rings. The van der Waals surface area contributed by atoms with Gasteiger partial charge in [0.05, 0.1) is 20.3 Å². The van der Waals surface area contributed by atoms with Gasteiger partial charge in [0.1, 0.15) is 5.41 Å². The molecule has 1 aromatic carbocycles.